The van der Waals surface area contributed by atoms with Gasteiger partial charge in [0, 0.05) is 19.1 Å². The van der Waals surface area contributed by atoms with Crippen LogP contribution in [0.4, 0.5) is 0 Å². The number of hydrogen-bond donors (Lipinski definition) is 1. The van der Waals surface area contributed by atoms with Crippen molar-refractivity contribution in [3.05, 3.63) is 29.3 Å². The van der Waals surface area contributed by atoms with Gasteiger partial charge < -0.3 is 15.0 Å². The topological polar surface area (TPSA) is 41.6 Å². The zero-order valence-electron chi connectivity index (χ0n) is 13.3. The van der Waals surface area contributed by atoms with E-state index in [1.54, 1.807) is 7.11 Å². The van der Waals surface area contributed by atoms with Crippen molar-refractivity contribution in [3.8, 4) is 5.75 Å². The molecule has 0 aromatic heterocycles. The summed E-state index contributed by atoms with van der Waals surface area (Å²) in [6.07, 6.45) is 3.17. The summed E-state index contributed by atoms with van der Waals surface area (Å²) in [5, 5.41) is 3.39. The number of methoxy groups -OCH3 is 1. The molecule has 1 amide bonds. The number of amides is 1. The molecule has 4 heteroatoms. The van der Waals surface area contributed by atoms with Crippen molar-refractivity contribution < 1.29 is 9.53 Å². The smallest absolute Gasteiger partial charge is 0.257 e. The molecule has 0 bridgehead atoms. The van der Waals surface area contributed by atoms with Crippen LogP contribution in [0.15, 0.2) is 18.2 Å². The standard InChI is InChI=1S/C17H26N2O2/c1-4-10-19(14-6-5-9-18-12-14)17(20)15-11-13(2)7-8-16(15)21-3/h7-8,11,14,18H,4-6,9-10,12H2,1-3H3. The van der Waals surface area contributed by atoms with Gasteiger partial charge in [0.25, 0.3) is 5.91 Å². The lowest BCUT2D eigenvalue weighted by Crippen LogP contribution is -2.49. The summed E-state index contributed by atoms with van der Waals surface area (Å²) in [4.78, 5) is 15.0. The van der Waals surface area contributed by atoms with E-state index in [1.807, 2.05) is 30.0 Å². The highest BCUT2D eigenvalue weighted by molar-refractivity contribution is 5.97. The van der Waals surface area contributed by atoms with Gasteiger partial charge >= 0.3 is 0 Å². The average molecular weight is 290 g/mol. The first kappa shape index (κ1) is 15.8. The van der Waals surface area contributed by atoms with E-state index in [2.05, 4.69) is 12.2 Å². The van der Waals surface area contributed by atoms with Crippen molar-refractivity contribution in [2.24, 2.45) is 0 Å². The SMILES string of the molecule is CCCN(C(=O)c1cc(C)ccc1OC)C1CCCNC1. The number of nitrogens with zero attached hydrogens (tertiary/aromatic N) is 1. The minimum atomic E-state index is 0.0890. The van der Waals surface area contributed by atoms with Gasteiger partial charge in [0.2, 0.25) is 0 Å². The molecule has 0 spiro atoms. The number of nitrogens with one attached hydrogen (secondary N) is 1. The fourth-order valence-electron chi connectivity index (χ4n) is 2.93. The van der Waals surface area contributed by atoms with E-state index < -0.39 is 0 Å². The van der Waals surface area contributed by atoms with Crippen molar-refractivity contribution >= 4 is 5.91 Å². The van der Waals surface area contributed by atoms with Gasteiger partial charge in [0.05, 0.1) is 12.7 Å². The van der Waals surface area contributed by atoms with Crippen LogP contribution in [0.1, 0.15) is 42.1 Å². The van der Waals surface area contributed by atoms with E-state index in [0.717, 1.165) is 44.5 Å². The zero-order chi connectivity index (χ0) is 15.2. The number of benzene rings is 1. The molecule has 1 aliphatic rings. The first-order valence-electron chi connectivity index (χ1n) is 7.83. The highest BCUT2D eigenvalue weighted by Gasteiger charge is 2.27. The fraction of sp³-hybridized carbons (Fsp3) is 0.588. The zero-order valence-corrected chi connectivity index (χ0v) is 13.3. The van der Waals surface area contributed by atoms with Gasteiger partial charge in [-0.25, -0.2) is 0 Å². The highest BCUT2D eigenvalue weighted by Crippen LogP contribution is 2.23. The molecule has 1 heterocycles. The van der Waals surface area contributed by atoms with Crippen molar-refractivity contribution in [1.29, 1.82) is 0 Å². The minimum absolute atomic E-state index is 0.0890. The molecule has 116 valence electrons. The lowest BCUT2D eigenvalue weighted by atomic mass is 10.0. The lowest BCUT2D eigenvalue weighted by Gasteiger charge is -2.35. The van der Waals surface area contributed by atoms with Crippen molar-refractivity contribution in [2.45, 2.75) is 39.2 Å². The Balaban J connectivity index is 2.27. The van der Waals surface area contributed by atoms with Gasteiger partial charge in [0.15, 0.2) is 0 Å². The Bertz CT molecular complexity index is 482. The van der Waals surface area contributed by atoms with E-state index in [-0.39, 0.29) is 11.9 Å². The third-order valence-corrected chi connectivity index (χ3v) is 4.02. The molecular weight excluding hydrogens is 264 g/mol. The predicted octanol–water partition coefficient (Wildman–Crippen LogP) is 2.61. The second kappa shape index (κ2) is 7.46. The van der Waals surface area contributed by atoms with E-state index in [4.69, 9.17) is 4.74 Å². The molecule has 1 N–H and O–H groups in total. The van der Waals surface area contributed by atoms with Crippen LogP contribution in [0.5, 0.6) is 5.75 Å². The third-order valence-electron chi connectivity index (χ3n) is 4.02. The van der Waals surface area contributed by atoms with Gasteiger partial charge in [-0.15, -0.1) is 0 Å². The third kappa shape index (κ3) is 3.76. The van der Waals surface area contributed by atoms with Gasteiger partial charge in [-0.3, -0.25) is 4.79 Å². The molecular formula is C17H26N2O2. The predicted molar refractivity (Wildman–Crippen MR) is 85.0 cm³/mol. The summed E-state index contributed by atoms with van der Waals surface area (Å²) in [6.45, 7) is 6.85. The number of carbonyl (C=O) groups excluding carboxylic acids is 1. The van der Waals surface area contributed by atoms with Crippen LogP contribution in [-0.4, -0.2) is 43.6 Å². The van der Waals surface area contributed by atoms with E-state index in [1.165, 1.54) is 0 Å². The van der Waals surface area contributed by atoms with Crippen molar-refractivity contribution in [3.63, 3.8) is 0 Å². The van der Waals surface area contributed by atoms with Crippen LogP contribution >= 0.6 is 0 Å². The Hall–Kier alpha value is -1.55. The minimum Gasteiger partial charge on any atom is -0.496 e. The molecule has 1 aliphatic heterocycles. The number of aryl methyl sites for hydroxylation is 1. The maximum absolute atomic E-state index is 13.0. The second-order valence-electron chi connectivity index (χ2n) is 5.70. The van der Waals surface area contributed by atoms with Crippen LogP contribution in [0, 0.1) is 6.92 Å². The summed E-state index contributed by atoms with van der Waals surface area (Å²) in [5.41, 5.74) is 1.76. The van der Waals surface area contributed by atoms with Crippen LogP contribution in [-0.2, 0) is 0 Å². The highest BCUT2D eigenvalue weighted by atomic mass is 16.5. The molecule has 1 atom stereocenters. The lowest BCUT2D eigenvalue weighted by molar-refractivity contribution is 0.0645. The van der Waals surface area contributed by atoms with Gasteiger partial charge in [-0.1, -0.05) is 18.6 Å². The first-order valence-corrected chi connectivity index (χ1v) is 7.83. The molecule has 1 saturated heterocycles. The Morgan fingerprint density at radius 3 is 2.90 bits per heavy atom. The molecule has 1 aromatic carbocycles. The average Bonchev–Trinajstić information content (AvgIpc) is 2.52. The molecule has 0 aliphatic carbocycles. The summed E-state index contributed by atoms with van der Waals surface area (Å²) >= 11 is 0. The van der Waals surface area contributed by atoms with Gasteiger partial charge in [0.1, 0.15) is 5.75 Å². The van der Waals surface area contributed by atoms with Crippen LogP contribution in [0.25, 0.3) is 0 Å². The number of hydrogen-bond acceptors (Lipinski definition) is 3. The monoisotopic (exact) mass is 290 g/mol. The van der Waals surface area contributed by atoms with Crippen molar-refractivity contribution in [2.75, 3.05) is 26.7 Å². The Morgan fingerprint density at radius 1 is 1.48 bits per heavy atom. The van der Waals surface area contributed by atoms with E-state index in [0.29, 0.717) is 11.3 Å². The normalized spacial score (nSPS) is 18.3. The summed E-state index contributed by atoms with van der Waals surface area (Å²) in [6, 6.07) is 6.07. The van der Waals surface area contributed by atoms with Gasteiger partial charge in [-0.05, 0) is 44.9 Å². The molecule has 0 saturated carbocycles. The summed E-state index contributed by atoms with van der Waals surface area (Å²) in [7, 11) is 1.62. The largest absolute Gasteiger partial charge is 0.496 e. The Kier molecular flexibility index (Phi) is 5.62. The molecule has 1 aromatic rings. The van der Waals surface area contributed by atoms with Gasteiger partial charge in [-0.2, -0.15) is 0 Å². The van der Waals surface area contributed by atoms with Crippen LogP contribution in [0.2, 0.25) is 0 Å². The number of piperidine rings is 1. The number of ether oxygens (including phenoxy) is 1. The molecule has 4 nitrogen and oxygen atoms in total. The first-order chi connectivity index (χ1) is 10.2. The quantitative estimate of drug-likeness (QED) is 0.906. The van der Waals surface area contributed by atoms with E-state index >= 15 is 0 Å². The molecule has 2 rings (SSSR count). The maximum Gasteiger partial charge on any atom is 0.257 e. The second-order valence-corrected chi connectivity index (χ2v) is 5.70. The molecule has 1 unspecified atom stereocenters. The van der Waals surface area contributed by atoms with E-state index in [9.17, 15) is 4.79 Å². The van der Waals surface area contributed by atoms with Crippen LogP contribution in [0.3, 0.4) is 0 Å². The fourth-order valence-corrected chi connectivity index (χ4v) is 2.93. The molecule has 21 heavy (non-hydrogen) atoms. The number of rotatable bonds is 5. The Morgan fingerprint density at radius 2 is 2.29 bits per heavy atom. The van der Waals surface area contributed by atoms with Crippen molar-refractivity contribution in [1.82, 2.24) is 10.2 Å². The molecule has 0 radical (unpaired) electrons. The Labute approximate surface area is 127 Å². The number of carbonyl (C=O) groups is 1. The molecule has 1 fully saturated rings. The summed E-state index contributed by atoms with van der Waals surface area (Å²) < 4.78 is 5.37. The maximum atomic E-state index is 13.0. The van der Waals surface area contributed by atoms with Crippen LogP contribution < -0.4 is 10.1 Å². The summed E-state index contributed by atoms with van der Waals surface area (Å²) in [5.74, 6) is 0.751.